The maximum atomic E-state index is 6.54. The second-order valence-corrected chi connectivity index (χ2v) is 6.17. The standard InChI is InChI=1S/C15H22N2/c16-15(13-6-5-9-17-10-13)11-14(12-15)7-3-1-2-4-8-14/h5-6,9-10H,1-4,7-8,11-12,16H2. The lowest BCUT2D eigenvalue weighted by Gasteiger charge is -2.55. The number of rotatable bonds is 1. The highest BCUT2D eigenvalue weighted by molar-refractivity contribution is 5.26. The third-order valence-electron chi connectivity index (χ3n) is 4.78. The van der Waals surface area contributed by atoms with Gasteiger partial charge in [-0.15, -0.1) is 0 Å². The van der Waals surface area contributed by atoms with Crippen molar-refractivity contribution in [2.24, 2.45) is 11.1 Å². The molecule has 92 valence electrons. The van der Waals surface area contributed by atoms with Gasteiger partial charge in [0.15, 0.2) is 0 Å². The van der Waals surface area contributed by atoms with Crippen molar-refractivity contribution in [3.05, 3.63) is 30.1 Å². The summed E-state index contributed by atoms with van der Waals surface area (Å²) in [5, 5.41) is 0. The van der Waals surface area contributed by atoms with Gasteiger partial charge >= 0.3 is 0 Å². The zero-order valence-corrected chi connectivity index (χ0v) is 10.5. The Labute approximate surface area is 104 Å². The van der Waals surface area contributed by atoms with Crippen LogP contribution in [0.1, 0.15) is 56.9 Å². The number of pyridine rings is 1. The van der Waals surface area contributed by atoms with Crippen LogP contribution in [0.4, 0.5) is 0 Å². The molecule has 1 heterocycles. The Hall–Kier alpha value is -0.890. The van der Waals surface area contributed by atoms with Gasteiger partial charge in [0, 0.05) is 17.9 Å². The lowest BCUT2D eigenvalue weighted by Crippen LogP contribution is -2.55. The SMILES string of the molecule is NC1(c2cccnc2)CC2(CCCCCC2)C1. The van der Waals surface area contributed by atoms with Crippen molar-refractivity contribution in [2.75, 3.05) is 0 Å². The molecule has 2 saturated carbocycles. The van der Waals surface area contributed by atoms with Gasteiger partial charge in [0.2, 0.25) is 0 Å². The molecule has 2 aliphatic carbocycles. The third kappa shape index (κ3) is 1.99. The van der Waals surface area contributed by atoms with Crippen LogP contribution in [-0.2, 0) is 5.54 Å². The first-order valence-electron chi connectivity index (χ1n) is 6.92. The molecule has 2 N–H and O–H groups in total. The molecule has 0 atom stereocenters. The summed E-state index contributed by atoms with van der Waals surface area (Å²) in [7, 11) is 0. The van der Waals surface area contributed by atoms with Crippen molar-refractivity contribution in [3.63, 3.8) is 0 Å². The Morgan fingerprint density at radius 2 is 1.76 bits per heavy atom. The lowest BCUT2D eigenvalue weighted by molar-refractivity contribution is 0.00945. The highest BCUT2D eigenvalue weighted by Crippen LogP contribution is 2.58. The first kappa shape index (κ1) is 11.2. The minimum atomic E-state index is -0.0847. The van der Waals surface area contributed by atoms with Crippen LogP contribution in [0.3, 0.4) is 0 Å². The van der Waals surface area contributed by atoms with E-state index in [9.17, 15) is 0 Å². The quantitative estimate of drug-likeness (QED) is 0.803. The van der Waals surface area contributed by atoms with Crippen molar-refractivity contribution >= 4 is 0 Å². The van der Waals surface area contributed by atoms with Gasteiger partial charge in [-0.1, -0.05) is 31.7 Å². The number of nitrogens with two attached hydrogens (primary N) is 1. The smallest absolute Gasteiger partial charge is 0.0435 e. The van der Waals surface area contributed by atoms with Crippen LogP contribution in [0.5, 0.6) is 0 Å². The van der Waals surface area contributed by atoms with E-state index >= 15 is 0 Å². The molecule has 0 unspecified atom stereocenters. The summed E-state index contributed by atoms with van der Waals surface area (Å²) in [6.07, 6.45) is 14.6. The molecule has 0 radical (unpaired) electrons. The Balaban J connectivity index is 1.74. The van der Waals surface area contributed by atoms with Gasteiger partial charge < -0.3 is 5.73 Å². The minimum absolute atomic E-state index is 0.0847. The van der Waals surface area contributed by atoms with Crippen molar-refractivity contribution in [1.29, 1.82) is 0 Å². The van der Waals surface area contributed by atoms with Crippen molar-refractivity contribution in [3.8, 4) is 0 Å². The average Bonchev–Trinajstić information content (AvgIpc) is 2.55. The maximum absolute atomic E-state index is 6.54. The maximum Gasteiger partial charge on any atom is 0.0435 e. The van der Waals surface area contributed by atoms with Gasteiger partial charge in [-0.3, -0.25) is 4.98 Å². The molecule has 0 aliphatic heterocycles. The van der Waals surface area contributed by atoms with E-state index < -0.39 is 0 Å². The fraction of sp³-hybridized carbons (Fsp3) is 0.667. The van der Waals surface area contributed by atoms with Gasteiger partial charge in [-0.2, -0.15) is 0 Å². The Morgan fingerprint density at radius 3 is 2.35 bits per heavy atom. The first-order valence-corrected chi connectivity index (χ1v) is 6.92. The predicted molar refractivity (Wildman–Crippen MR) is 69.5 cm³/mol. The normalized spacial score (nSPS) is 26.2. The minimum Gasteiger partial charge on any atom is -0.321 e. The summed E-state index contributed by atoms with van der Waals surface area (Å²) in [6, 6.07) is 4.14. The molecule has 1 aromatic rings. The van der Waals surface area contributed by atoms with E-state index in [-0.39, 0.29) is 5.54 Å². The van der Waals surface area contributed by atoms with Gasteiger partial charge in [0.1, 0.15) is 0 Å². The van der Waals surface area contributed by atoms with Gasteiger partial charge in [0.05, 0.1) is 0 Å². The molecule has 1 aromatic heterocycles. The van der Waals surface area contributed by atoms with Crippen LogP contribution in [0, 0.1) is 5.41 Å². The van der Waals surface area contributed by atoms with Crippen molar-refractivity contribution < 1.29 is 0 Å². The fourth-order valence-electron chi connectivity index (χ4n) is 3.98. The van der Waals surface area contributed by atoms with Gasteiger partial charge in [-0.25, -0.2) is 0 Å². The molecule has 2 fully saturated rings. The molecule has 2 nitrogen and oxygen atoms in total. The molecular weight excluding hydrogens is 208 g/mol. The molecule has 0 bridgehead atoms. The monoisotopic (exact) mass is 230 g/mol. The summed E-state index contributed by atoms with van der Waals surface area (Å²) in [5.41, 5.74) is 8.26. The lowest BCUT2D eigenvalue weighted by atomic mass is 9.53. The fourth-order valence-corrected chi connectivity index (χ4v) is 3.98. The summed E-state index contributed by atoms with van der Waals surface area (Å²) in [5.74, 6) is 0. The van der Waals surface area contributed by atoms with Crippen molar-refractivity contribution in [2.45, 2.75) is 56.9 Å². The molecule has 2 heteroatoms. The van der Waals surface area contributed by atoms with Crippen LogP contribution < -0.4 is 5.73 Å². The molecule has 3 rings (SSSR count). The number of hydrogen-bond donors (Lipinski definition) is 1. The molecule has 0 amide bonds. The first-order chi connectivity index (χ1) is 8.23. The zero-order chi connectivity index (χ0) is 11.8. The predicted octanol–water partition coefficient (Wildman–Crippen LogP) is 3.37. The number of aromatic nitrogens is 1. The molecule has 0 saturated heterocycles. The Morgan fingerprint density at radius 1 is 1.06 bits per heavy atom. The van der Waals surface area contributed by atoms with E-state index in [1.165, 1.54) is 56.9 Å². The van der Waals surface area contributed by atoms with Crippen LogP contribution in [0.15, 0.2) is 24.5 Å². The van der Waals surface area contributed by atoms with E-state index in [0.717, 1.165) is 0 Å². The van der Waals surface area contributed by atoms with E-state index in [2.05, 4.69) is 11.1 Å². The third-order valence-corrected chi connectivity index (χ3v) is 4.78. The van der Waals surface area contributed by atoms with Crippen LogP contribution in [0.2, 0.25) is 0 Å². The van der Waals surface area contributed by atoms with Crippen LogP contribution in [0.25, 0.3) is 0 Å². The van der Waals surface area contributed by atoms with Crippen molar-refractivity contribution in [1.82, 2.24) is 4.98 Å². The van der Waals surface area contributed by atoms with Gasteiger partial charge in [0.25, 0.3) is 0 Å². The summed E-state index contributed by atoms with van der Waals surface area (Å²) in [6.45, 7) is 0. The molecule has 17 heavy (non-hydrogen) atoms. The molecular formula is C15H22N2. The molecule has 2 aliphatic rings. The topological polar surface area (TPSA) is 38.9 Å². The van der Waals surface area contributed by atoms with E-state index in [1.54, 1.807) is 0 Å². The van der Waals surface area contributed by atoms with Crippen LogP contribution >= 0.6 is 0 Å². The largest absolute Gasteiger partial charge is 0.321 e. The van der Waals surface area contributed by atoms with Gasteiger partial charge in [-0.05, 0) is 42.7 Å². The number of nitrogens with zero attached hydrogens (tertiary/aromatic N) is 1. The number of hydrogen-bond acceptors (Lipinski definition) is 2. The summed E-state index contributed by atoms with van der Waals surface area (Å²) in [4.78, 5) is 4.20. The van der Waals surface area contributed by atoms with E-state index in [1.807, 2.05) is 18.5 Å². The average molecular weight is 230 g/mol. The highest BCUT2D eigenvalue weighted by atomic mass is 14.8. The highest BCUT2D eigenvalue weighted by Gasteiger charge is 2.52. The summed E-state index contributed by atoms with van der Waals surface area (Å²) < 4.78 is 0. The molecule has 0 aromatic carbocycles. The van der Waals surface area contributed by atoms with Crippen LogP contribution in [-0.4, -0.2) is 4.98 Å². The van der Waals surface area contributed by atoms with E-state index in [4.69, 9.17) is 5.73 Å². The second kappa shape index (κ2) is 4.09. The second-order valence-electron chi connectivity index (χ2n) is 6.17. The molecule has 1 spiro atoms. The Bertz CT molecular complexity index is 369. The Kier molecular flexibility index (Phi) is 2.70. The zero-order valence-electron chi connectivity index (χ0n) is 10.5. The van der Waals surface area contributed by atoms with E-state index in [0.29, 0.717) is 5.41 Å². The summed E-state index contributed by atoms with van der Waals surface area (Å²) >= 11 is 0.